The number of hydrogen-bond donors (Lipinski definition) is 1. The first-order valence-corrected chi connectivity index (χ1v) is 5.16. The van der Waals surface area contributed by atoms with Crippen molar-refractivity contribution in [2.75, 3.05) is 0 Å². The van der Waals surface area contributed by atoms with Crippen molar-refractivity contribution < 1.29 is 5.11 Å². The lowest BCUT2D eigenvalue weighted by Crippen LogP contribution is -2.42. The average Bonchev–Trinajstić information content (AvgIpc) is 1.82. The van der Waals surface area contributed by atoms with E-state index in [4.69, 9.17) is 0 Å². The maximum atomic E-state index is 10.2. The lowest BCUT2D eigenvalue weighted by Gasteiger charge is -2.42. The number of hydrogen-bond acceptors (Lipinski definition) is 1. The lowest BCUT2D eigenvalue weighted by molar-refractivity contribution is -0.0649. The third-order valence-electron chi connectivity index (χ3n) is 3.34. The molecule has 1 fully saturated rings. The zero-order valence-electron chi connectivity index (χ0n) is 8.80. The Hall–Kier alpha value is -0.0400. The van der Waals surface area contributed by atoms with Crippen LogP contribution in [-0.4, -0.2) is 10.7 Å². The molecule has 1 rings (SSSR count). The van der Waals surface area contributed by atoms with Crippen LogP contribution in [-0.2, 0) is 0 Å². The van der Waals surface area contributed by atoms with Gasteiger partial charge < -0.3 is 5.11 Å². The Morgan fingerprint density at radius 2 is 1.92 bits per heavy atom. The molecule has 0 bridgehead atoms. The topological polar surface area (TPSA) is 20.2 Å². The molecule has 3 atom stereocenters. The highest BCUT2D eigenvalue weighted by Crippen LogP contribution is 2.40. The molecular weight excluding hydrogens is 148 g/mol. The zero-order valence-corrected chi connectivity index (χ0v) is 8.80. The molecule has 1 N–H and O–H groups in total. The minimum atomic E-state index is -0.411. The van der Waals surface area contributed by atoms with Gasteiger partial charge in [0.05, 0.1) is 5.60 Å². The van der Waals surface area contributed by atoms with Crippen molar-refractivity contribution in [2.45, 2.75) is 52.6 Å². The summed E-state index contributed by atoms with van der Waals surface area (Å²) < 4.78 is 0. The summed E-state index contributed by atoms with van der Waals surface area (Å²) in [6, 6.07) is 0. The Kier molecular flexibility index (Phi) is 2.82. The summed E-state index contributed by atoms with van der Waals surface area (Å²) in [5.41, 5.74) is -0.411. The van der Waals surface area contributed by atoms with Gasteiger partial charge in [-0.05, 0) is 37.5 Å². The molecule has 1 nitrogen and oxygen atoms in total. The summed E-state index contributed by atoms with van der Waals surface area (Å²) in [7, 11) is 0. The standard InChI is InChI=1S/C11H22O/c1-8(2)10-6-5-9(3)7-11(10,4)12/h8-10,12H,5-7H2,1-4H3/t9-,10-,11-/m1/s1. The molecule has 0 spiro atoms. The summed E-state index contributed by atoms with van der Waals surface area (Å²) >= 11 is 0. The molecule has 0 amide bonds. The van der Waals surface area contributed by atoms with E-state index in [2.05, 4.69) is 20.8 Å². The Morgan fingerprint density at radius 1 is 1.33 bits per heavy atom. The number of rotatable bonds is 1. The van der Waals surface area contributed by atoms with Crippen LogP contribution < -0.4 is 0 Å². The van der Waals surface area contributed by atoms with Gasteiger partial charge in [0.15, 0.2) is 0 Å². The first-order valence-electron chi connectivity index (χ1n) is 5.16. The summed E-state index contributed by atoms with van der Waals surface area (Å²) in [6.45, 7) is 8.68. The minimum Gasteiger partial charge on any atom is -0.390 e. The molecule has 1 heteroatoms. The molecule has 1 saturated carbocycles. The van der Waals surface area contributed by atoms with Crippen LogP contribution in [0, 0.1) is 17.8 Å². The predicted molar refractivity (Wildman–Crippen MR) is 52.0 cm³/mol. The molecule has 1 aliphatic rings. The van der Waals surface area contributed by atoms with Gasteiger partial charge in [0, 0.05) is 0 Å². The summed E-state index contributed by atoms with van der Waals surface area (Å²) in [6.07, 6.45) is 3.47. The van der Waals surface area contributed by atoms with Crippen LogP contribution in [0.4, 0.5) is 0 Å². The smallest absolute Gasteiger partial charge is 0.0652 e. The molecule has 0 saturated heterocycles. The fraction of sp³-hybridized carbons (Fsp3) is 1.00. The van der Waals surface area contributed by atoms with E-state index >= 15 is 0 Å². The Morgan fingerprint density at radius 3 is 2.33 bits per heavy atom. The predicted octanol–water partition coefficient (Wildman–Crippen LogP) is 2.83. The third-order valence-corrected chi connectivity index (χ3v) is 3.34. The maximum absolute atomic E-state index is 10.2. The van der Waals surface area contributed by atoms with E-state index in [9.17, 15) is 5.11 Å². The van der Waals surface area contributed by atoms with Gasteiger partial charge in [-0.25, -0.2) is 0 Å². The first kappa shape index (κ1) is 10.0. The second-order valence-electron chi connectivity index (χ2n) is 5.09. The molecular formula is C11H22O. The Balaban J connectivity index is 2.64. The van der Waals surface area contributed by atoms with Gasteiger partial charge in [-0.2, -0.15) is 0 Å². The van der Waals surface area contributed by atoms with Crippen LogP contribution in [0.15, 0.2) is 0 Å². The van der Waals surface area contributed by atoms with Gasteiger partial charge in [-0.3, -0.25) is 0 Å². The summed E-state index contributed by atoms with van der Waals surface area (Å²) in [4.78, 5) is 0. The fourth-order valence-electron chi connectivity index (χ4n) is 2.79. The minimum absolute atomic E-state index is 0.411. The number of aliphatic hydroxyl groups is 1. The van der Waals surface area contributed by atoms with E-state index in [-0.39, 0.29) is 0 Å². The maximum Gasteiger partial charge on any atom is 0.0652 e. The second-order valence-corrected chi connectivity index (χ2v) is 5.09. The highest BCUT2D eigenvalue weighted by Gasteiger charge is 2.38. The molecule has 1 aliphatic carbocycles. The fourth-order valence-corrected chi connectivity index (χ4v) is 2.79. The van der Waals surface area contributed by atoms with Crippen LogP contribution >= 0.6 is 0 Å². The van der Waals surface area contributed by atoms with E-state index in [0.29, 0.717) is 17.8 Å². The van der Waals surface area contributed by atoms with Crippen LogP contribution in [0.3, 0.4) is 0 Å². The largest absolute Gasteiger partial charge is 0.390 e. The van der Waals surface area contributed by atoms with E-state index in [1.54, 1.807) is 0 Å². The molecule has 0 aromatic heterocycles. The van der Waals surface area contributed by atoms with Gasteiger partial charge in [0.25, 0.3) is 0 Å². The monoisotopic (exact) mass is 170 g/mol. The second kappa shape index (κ2) is 3.37. The third kappa shape index (κ3) is 2.01. The SMILES string of the molecule is CC(C)[C@H]1CC[C@@H](C)C[C@@]1(C)O. The van der Waals surface area contributed by atoms with E-state index < -0.39 is 5.60 Å². The molecule has 0 unspecified atom stereocenters. The van der Waals surface area contributed by atoms with Crippen molar-refractivity contribution in [1.29, 1.82) is 0 Å². The van der Waals surface area contributed by atoms with Gasteiger partial charge in [-0.15, -0.1) is 0 Å². The Bertz CT molecular complexity index is 149. The Labute approximate surface area is 76.2 Å². The molecule has 0 radical (unpaired) electrons. The molecule has 72 valence electrons. The molecule has 0 aromatic rings. The van der Waals surface area contributed by atoms with Crippen molar-refractivity contribution in [2.24, 2.45) is 17.8 Å². The molecule has 12 heavy (non-hydrogen) atoms. The van der Waals surface area contributed by atoms with Crippen molar-refractivity contribution in [1.82, 2.24) is 0 Å². The van der Waals surface area contributed by atoms with E-state index in [0.717, 1.165) is 6.42 Å². The van der Waals surface area contributed by atoms with E-state index in [1.165, 1.54) is 12.8 Å². The quantitative estimate of drug-likeness (QED) is 0.641. The van der Waals surface area contributed by atoms with Gasteiger partial charge in [-0.1, -0.05) is 27.2 Å². The van der Waals surface area contributed by atoms with Gasteiger partial charge >= 0.3 is 0 Å². The molecule has 0 heterocycles. The normalized spacial score (nSPS) is 43.5. The van der Waals surface area contributed by atoms with E-state index in [1.807, 2.05) is 6.92 Å². The highest BCUT2D eigenvalue weighted by atomic mass is 16.3. The lowest BCUT2D eigenvalue weighted by atomic mass is 9.68. The zero-order chi connectivity index (χ0) is 9.35. The molecule has 0 aromatic carbocycles. The first-order chi connectivity index (χ1) is 5.43. The summed E-state index contributed by atoms with van der Waals surface area (Å²) in [5.74, 6) is 1.83. The summed E-state index contributed by atoms with van der Waals surface area (Å²) in [5, 5.41) is 10.2. The van der Waals surface area contributed by atoms with Crippen LogP contribution in [0.2, 0.25) is 0 Å². The van der Waals surface area contributed by atoms with Crippen molar-refractivity contribution in [3.8, 4) is 0 Å². The van der Waals surface area contributed by atoms with Gasteiger partial charge in [0.2, 0.25) is 0 Å². The average molecular weight is 170 g/mol. The molecule has 0 aliphatic heterocycles. The van der Waals surface area contributed by atoms with Gasteiger partial charge in [0.1, 0.15) is 0 Å². The van der Waals surface area contributed by atoms with Crippen molar-refractivity contribution in [3.05, 3.63) is 0 Å². The van der Waals surface area contributed by atoms with Crippen LogP contribution in [0.25, 0.3) is 0 Å². The van der Waals surface area contributed by atoms with Crippen LogP contribution in [0.5, 0.6) is 0 Å². The van der Waals surface area contributed by atoms with Crippen LogP contribution in [0.1, 0.15) is 47.0 Å². The van der Waals surface area contributed by atoms with Crippen molar-refractivity contribution >= 4 is 0 Å². The van der Waals surface area contributed by atoms with Crippen molar-refractivity contribution in [3.63, 3.8) is 0 Å². The highest BCUT2D eigenvalue weighted by molar-refractivity contribution is 4.89.